The van der Waals surface area contributed by atoms with Crippen molar-refractivity contribution in [1.82, 2.24) is 14.3 Å². The summed E-state index contributed by atoms with van der Waals surface area (Å²) in [4.78, 5) is 4.42. The van der Waals surface area contributed by atoms with Crippen LogP contribution in [0.3, 0.4) is 0 Å². The lowest BCUT2D eigenvalue weighted by atomic mass is 10.1. The van der Waals surface area contributed by atoms with Gasteiger partial charge >= 0.3 is 0 Å². The van der Waals surface area contributed by atoms with E-state index in [1.165, 1.54) is 0 Å². The van der Waals surface area contributed by atoms with Crippen LogP contribution in [0.5, 0.6) is 11.5 Å². The second-order valence-corrected chi connectivity index (χ2v) is 7.92. The molecular weight excluding hydrogens is 346 g/mol. The van der Waals surface area contributed by atoms with Crippen LogP contribution in [0, 0.1) is 0 Å². The maximum absolute atomic E-state index is 11.3. The van der Waals surface area contributed by atoms with Crippen molar-refractivity contribution in [2.75, 3.05) is 26.0 Å². The summed E-state index contributed by atoms with van der Waals surface area (Å²) in [6, 6.07) is 5.81. The van der Waals surface area contributed by atoms with E-state index < -0.39 is 10.0 Å². The Morgan fingerprint density at radius 2 is 2.08 bits per heavy atom. The quantitative estimate of drug-likeness (QED) is 0.861. The highest BCUT2D eigenvalue weighted by atomic mass is 32.2. The molecule has 0 saturated heterocycles. The SMILES string of the molecule is CS(=O)(=O)NC[C@H]1Cn2c(-c3ccc4c(c3)OCCO4)cnc2CO1. The number of imidazole rings is 1. The van der Waals surface area contributed by atoms with Gasteiger partial charge in [-0.25, -0.2) is 18.1 Å². The average Bonchev–Trinajstić information content (AvgIpc) is 3.02. The number of nitrogens with one attached hydrogen (secondary N) is 1. The standard InChI is InChI=1S/C16H19N3O5S/c1-25(20,21)18-7-12-9-19-13(8-17-16(19)10-24-12)11-2-3-14-15(6-11)23-5-4-22-14/h2-3,6,8,12,18H,4-5,7,9-10H2,1H3/t12-/m0/s1. The molecule has 0 unspecified atom stereocenters. The fourth-order valence-electron chi connectivity index (χ4n) is 2.98. The Balaban J connectivity index is 1.58. The number of sulfonamides is 1. The minimum atomic E-state index is -3.25. The zero-order valence-electron chi connectivity index (χ0n) is 13.8. The van der Waals surface area contributed by atoms with Gasteiger partial charge in [-0.1, -0.05) is 0 Å². The predicted molar refractivity (Wildman–Crippen MR) is 90.1 cm³/mol. The first kappa shape index (κ1) is 16.4. The van der Waals surface area contributed by atoms with Crippen LogP contribution in [0.4, 0.5) is 0 Å². The van der Waals surface area contributed by atoms with Crippen molar-refractivity contribution in [3.8, 4) is 22.8 Å². The molecule has 134 valence electrons. The van der Waals surface area contributed by atoms with Crippen molar-refractivity contribution >= 4 is 10.0 Å². The van der Waals surface area contributed by atoms with Crippen LogP contribution in [-0.4, -0.2) is 50.1 Å². The van der Waals surface area contributed by atoms with E-state index in [4.69, 9.17) is 14.2 Å². The third-order valence-corrected chi connectivity index (χ3v) is 4.87. The Labute approximate surface area is 145 Å². The molecule has 2 aliphatic heterocycles. The highest BCUT2D eigenvalue weighted by molar-refractivity contribution is 7.88. The van der Waals surface area contributed by atoms with E-state index in [-0.39, 0.29) is 12.6 Å². The third kappa shape index (κ3) is 3.48. The number of fused-ring (bicyclic) bond motifs is 2. The summed E-state index contributed by atoms with van der Waals surface area (Å²) < 4.78 is 44.0. The van der Waals surface area contributed by atoms with Crippen molar-refractivity contribution in [3.05, 3.63) is 30.2 Å². The van der Waals surface area contributed by atoms with Gasteiger partial charge < -0.3 is 18.8 Å². The number of nitrogens with zero attached hydrogens (tertiary/aromatic N) is 2. The highest BCUT2D eigenvalue weighted by Crippen LogP contribution is 2.35. The normalized spacial score (nSPS) is 19.5. The van der Waals surface area contributed by atoms with Crippen LogP contribution < -0.4 is 14.2 Å². The average molecular weight is 365 g/mol. The molecule has 3 heterocycles. The maximum Gasteiger partial charge on any atom is 0.208 e. The van der Waals surface area contributed by atoms with Crippen molar-refractivity contribution < 1.29 is 22.6 Å². The lowest BCUT2D eigenvalue weighted by Gasteiger charge is -2.26. The molecule has 0 aliphatic carbocycles. The number of rotatable bonds is 4. The van der Waals surface area contributed by atoms with E-state index >= 15 is 0 Å². The van der Waals surface area contributed by atoms with Crippen LogP contribution in [0.15, 0.2) is 24.4 Å². The minimum absolute atomic E-state index is 0.233. The summed E-state index contributed by atoms with van der Waals surface area (Å²) in [6.07, 6.45) is 2.70. The Hall–Kier alpha value is -2.10. The molecule has 4 rings (SSSR count). The summed E-state index contributed by atoms with van der Waals surface area (Å²) in [6.45, 7) is 2.20. The van der Waals surface area contributed by atoms with E-state index in [1.807, 2.05) is 18.2 Å². The summed E-state index contributed by atoms with van der Waals surface area (Å²) >= 11 is 0. The lowest BCUT2D eigenvalue weighted by Crippen LogP contribution is -2.38. The molecule has 2 aromatic rings. The molecular formula is C16H19N3O5S. The van der Waals surface area contributed by atoms with Crippen molar-refractivity contribution in [1.29, 1.82) is 0 Å². The van der Waals surface area contributed by atoms with Crippen molar-refractivity contribution in [2.24, 2.45) is 0 Å². The van der Waals surface area contributed by atoms with Gasteiger partial charge in [-0.2, -0.15) is 0 Å². The molecule has 2 aliphatic rings. The van der Waals surface area contributed by atoms with Gasteiger partial charge in [-0.3, -0.25) is 0 Å². The molecule has 1 aromatic heterocycles. The molecule has 0 radical (unpaired) electrons. The fourth-order valence-corrected chi connectivity index (χ4v) is 3.47. The number of aromatic nitrogens is 2. The largest absolute Gasteiger partial charge is 0.486 e. The smallest absolute Gasteiger partial charge is 0.208 e. The topological polar surface area (TPSA) is 91.7 Å². The Morgan fingerprint density at radius 1 is 1.28 bits per heavy atom. The van der Waals surface area contributed by atoms with Crippen LogP contribution in [0.25, 0.3) is 11.3 Å². The molecule has 0 amide bonds. The lowest BCUT2D eigenvalue weighted by molar-refractivity contribution is 0.00636. The Morgan fingerprint density at radius 3 is 2.88 bits per heavy atom. The Bertz CT molecular complexity index is 893. The van der Waals surface area contributed by atoms with Crippen molar-refractivity contribution in [2.45, 2.75) is 19.3 Å². The molecule has 1 N–H and O–H groups in total. The second kappa shape index (κ2) is 6.32. The summed E-state index contributed by atoms with van der Waals surface area (Å²) in [5.74, 6) is 2.29. The van der Waals surface area contributed by atoms with E-state index in [2.05, 4.69) is 14.3 Å². The van der Waals surface area contributed by atoms with Gasteiger partial charge in [0.05, 0.1) is 30.8 Å². The van der Waals surface area contributed by atoms with E-state index in [0.717, 1.165) is 34.8 Å². The van der Waals surface area contributed by atoms with Crippen LogP contribution in [0.2, 0.25) is 0 Å². The Kier molecular flexibility index (Phi) is 4.14. The van der Waals surface area contributed by atoms with E-state index in [0.29, 0.717) is 26.4 Å². The first-order chi connectivity index (χ1) is 12.0. The molecule has 0 saturated carbocycles. The summed E-state index contributed by atoms with van der Waals surface area (Å²) in [5.41, 5.74) is 1.92. The van der Waals surface area contributed by atoms with Gasteiger partial charge in [0.15, 0.2) is 11.5 Å². The highest BCUT2D eigenvalue weighted by Gasteiger charge is 2.24. The van der Waals surface area contributed by atoms with Gasteiger partial charge in [-0.05, 0) is 18.2 Å². The number of benzene rings is 1. The first-order valence-corrected chi connectivity index (χ1v) is 9.89. The van der Waals surface area contributed by atoms with Crippen molar-refractivity contribution in [3.63, 3.8) is 0 Å². The van der Waals surface area contributed by atoms with E-state index in [1.54, 1.807) is 6.20 Å². The molecule has 25 heavy (non-hydrogen) atoms. The summed E-state index contributed by atoms with van der Waals surface area (Å²) in [5, 5.41) is 0. The van der Waals surface area contributed by atoms with Gasteiger partial charge in [0.2, 0.25) is 10.0 Å². The minimum Gasteiger partial charge on any atom is -0.486 e. The molecule has 1 atom stereocenters. The maximum atomic E-state index is 11.3. The molecule has 0 bridgehead atoms. The van der Waals surface area contributed by atoms with Crippen LogP contribution in [-0.2, 0) is 27.9 Å². The first-order valence-electron chi connectivity index (χ1n) is 8.00. The molecule has 0 spiro atoms. The number of hydrogen-bond acceptors (Lipinski definition) is 6. The van der Waals surface area contributed by atoms with Gasteiger partial charge in [0, 0.05) is 12.1 Å². The van der Waals surface area contributed by atoms with Gasteiger partial charge in [0.1, 0.15) is 25.6 Å². The monoisotopic (exact) mass is 365 g/mol. The molecule has 0 fully saturated rings. The molecule has 8 nitrogen and oxygen atoms in total. The fraction of sp³-hybridized carbons (Fsp3) is 0.438. The van der Waals surface area contributed by atoms with Crippen LogP contribution in [0.1, 0.15) is 5.82 Å². The van der Waals surface area contributed by atoms with Gasteiger partial charge in [0.25, 0.3) is 0 Å². The number of ether oxygens (including phenoxy) is 3. The zero-order chi connectivity index (χ0) is 17.4. The third-order valence-electron chi connectivity index (χ3n) is 4.18. The molecule has 9 heteroatoms. The number of hydrogen-bond donors (Lipinski definition) is 1. The molecule has 1 aromatic carbocycles. The second-order valence-electron chi connectivity index (χ2n) is 6.08. The van der Waals surface area contributed by atoms with E-state index in [9.17, 15) is 8.42 Å². The van der Waals surface area contributed by atoms with Crippen LogP contribution >= 0.6 is 0 Å². The van der Waals surface area contributed by atoms with Gasteiger partial charge in [-0.15, -0.1) is 0 Å². The zero-order valence-corrected chi connectivity index (χ0v) is 14.6. The summed E-state index contributed by atoms with van der Waals surface area (Å²) in [7, 11) is -3.25. The predicted octanol–water partition coefficient (Wildman–Crippen LogP) is 0.769.